The van der Waals surface area contributed by atoms with Gasteiger partial charge in [0.25, 0.3) is 0 Å². The van der Waals surface area contributed by atoms with Gasteiger partial charge in [0, 0.05) is 0 Å². The first-order valence-corrected chi connectivity index (χ1v) is 6.23. The van der Waals surface area contributed by atoms with Crippen LogP contribution < -0.4 is 0 Å². The van der Waals surface area contributed by atoms with Gasteiger partial charge in [-0.25, -0.2) is 0 Å². The highest BCUT2D eigenvalue weighted by molar-refractivity contribution is 5.50. The molecule has 0 aliphatic carbocycles. The van der Waals surface area contributed by atoms with Gasteiger partial charge in [-0.15, -0.1) is 0 Å². The molecule has 1 N–H and O–H groups in total. The lowest BCUT2D eigenvalue weighted by atomic mass is 9.98. The van der Waals surface area contributed by atoms with Crippen LogP contribution in [-0.4, -0.2) is 5.11 Å². The molecule has 1 nitrogen and oxygen atoms in total. The van der Waals surface area contributed by atoms with Gasteiger partial charge >= 0.3 is 0 Å². The molecule has 1 atom stereocenters. The molecule has 1 rings (SSSR count). The van der Waals surface area contributed by atoms with Gasteiger partial charge in [-0.1, -0.05) is 51.0 Å². The first-order chi connectivity index (χ1) is 7.76. The Hall–Kier alpha value is -1.24. The monoisotopic (exact) mass is 218 g/mol. The van der Waals surface area contributed by atoms with E-state index in [-0.39, 0.29) is 0 Å². The molecule has 0 spiro atoms. The highest BCUT2D eigenvalue weighted by atomic mass is 16.3. The van der Waals surface area contributed by atoms with Crippen molar-refractivity contribution in [2.45, 2.75) is 39.5 Å². The van der Waals surface area contributed by atoms with Gasteiger partial charge in [0.05, 0.1) is 0 Å². The lowest BCUT2D eigenvalue weighted by molar-refractivity contribution is 0.475. The molecule has 1 aromatic rings. The van der Waals surface area contributed by atoms with E-state index in [1.165, 1.54) is 25.7 Å². The van der Waals surface area contributed by atoms with E-state index in [1.807, 2.05) is 12.1 Å². The van der Waals surface area contributed by atoms with Gasteiger partial charge in [-0.3, -0.25) is 0 Å². The number of hydrogen-bond acceptors (Lipinski definition) is 1. The van der Waals surface area contributed by atoms with Crippen LogP contribution >= 0.6 is 0 Å². The maximum absolute atomic E-state index is 9.17. The molecule has 0 heterocycles. The number of benzene rings is 1. The molecule has 0 aliphatic heterocycles. The van der Waals surface area contributed by atoms with Crippen molar-refractivity contribution in [1.82, 2.24) is 0 Å². The van der Waals surface area contributed by atoms with E-state index in [9.17, 15) is 5.11 Å². The molecule has 0 aromatic heterocycles. The lowest BCUT2D eigenvalue weighted by Gasteiger charge is -2.08. The zero-order chi connectivity index (χ0) is 11.8. The molecule has 0 bridgehead atoms. The predicted octanol–water partition coefficient (Wildman–Crippen LogP) is 4.62. The SMILES string of the molecule is CCCCC(/C=C/c1ccc(O)cc1)CC. The minimum Gasteiger partial charge on any atom is -0.508 e. The number of aromatic hydroxyl groups is 1. The van der Waals surface area contributed by atoms with Crippen molar-refractivity contribution in [2.24, 2.45) is 5.92 Å². The summed E-state index contributed by atoms with van der Waals surface area (Å²) in [6.45, 7) is 4.47. The van der Waals surface area contributed by atoms with E-state index in [2.05, 4.69) is 26.0 Å². The first kappa shape index (κ1) is 12.8. The number of unbranched alkanes of at least 4 members (excludes halogenated alkanes) is 1. The van der Waals surface area contributed by atoms with Gasteiger partial charge in [-0.05, 0) is 36.5 Å². The average Bonchev–Trinajstić information content (AvgIpc) is 2.32. The van der Waals surface area contributed by atoms with E-state index in [0.717, 1.165) is 5.56 Å². The second kappa shape index (κ2) is 7.10. The Bertz CT molecular complexity index is 311. The molecule has 0 amide bonds. The number of phenols is 1. The Kier molecular flexibility index (Phi) is 5.69. The second-order valence-electron chi connectivity index (χ2n) is 4.26. The third-order valence-corrected chi connectivity index (χ3v) is 2.91. The van der Waals surface area contributed by atoms with Crippen LogP contribution in [0.4, 0.5) is 0 Å². The molecule has 16 heavy (non-hydrogen) atoms. The van der Waals surface area contributed by atoms with Crippen LogP contribution in [0.3, 0.4) is 0 Å². The summed E-state index contributed by atoms with van der Waals surface area (Å²) in [6, 6.07) is 7.34. The fourth-order valence-corrected chi connectivity index (χ4v) is 1.74. The molecule has 0 saturated carbocycles. The zero-order valence-corrected chi connectivity index (χ0v) is 10.3. The molecular formula is C15H22O. The topological polar surface area (TPSA) is 20.2 Å². The number of phenolic OH excluding ortho intramolecular Hbond substituents is 1. The molecule has 1 heteroatoms. The number of hydrogen-bond donors (Lipinski definition) is 1. The summed E-state index contributed by atoms with van der Waals surface area (Å²) in [6.07, 6.45) is 9.50. The molecular weight excluding hydrogens is 196 g/mol. The summed E-state index contributed by atoms with van der Waals surface area (Å²) in [4.78, 5) is 0. The van der Waals surface area contributed by atoms with Crippen LogP contribution in [-0.2, 0) is 0 Å². The van der Waals surface area contributed by atoms with Gasteiger partial charge in [0.1, 0.15) is 5.75 Å². The Balaban J connectivity index is 2.53. The predicted molar refractivity (Wildman–Crippen MR) is 70.4 cm³/mol. The minimum atomic E-state index is 0.329. The van der Waals surface area contributed by atoms with Crippen molar-refractivity contribution in [3.63, 3.8) is 0 Å². The largest absolute Gasteiger partial charge is 0.508 e. The summed E-state index contributed by atoms with van der Waals surface area (Å²) >= 11 is 0. The third kappa shape index (κ3) is 4.52. The lowest BCUT2D eigenvalue weighted by Crippen LogP contribution is -1.93. The van der Waals surface area contributed by atoms with Gasteiger partial charge in [-0.2, -0.15) is 0 Å². The summed E-state index contributed by atoms with van der Waals surface area (Å²) in [7, 11) is 0. The first-order valence-electron chi connectivity index (χ1n) is 6.23. The Labute approximate surface area is 98.8 Å². The summed E-state index contributed by atoms with van der Waals surface area (Å²) in [5.41, 5.74) is 1.16. The molecule has 0 aliphatic rings. The maximum atomic E-state index is 9.17. The highest BCUT2D eigenvalue weighted by Gasteiger charge is 2.00. The van der Waals surface area contributed by atoms with Crippen molar-refractivity contribution in [1.29, 1.82) is 0 Å². The van der Waals surface area contributed by atoms with Crippen LogP contribution in [0.15, 0.2) is 30.3 Å². The standard InChI is InChI=1S/C15H22O/c1-3-5-6-13(4-2)7-8-14-9-11-15(16)12-10-14/h7-13,16H,3-6H2,1-2H3/b8-7+. The van der Waals surface area contributed by atoms with E-state index < -0.39 is 0 Å². The molecule has 0 saturated heterocycles. The summed E-state index contributed by atoms with van der Waals surface area (Å²) < 4.78 is 0. The van der Waals surface area contributed by atoms with E-state index in [1.54, 1.807) is 12.1 Å². The summed E-state index contributed by atoms with van der Waals surface area (Å²) in [5.74, 6) is 1.02. The molecule has 1 unspecified atom stereocenters. The smallest absolute Gasteiger partial charge is 0.115 e. The van der Waals surface area contributed by atoms with Crippen molar-refractivity contribution in [3.05, 3.63) is 35.9 Å². The normalized spacial score (nSPS) is 13.1. The maximum Gasteiger partial charge on any atom is 0.115 e. The Morgan fingerprint density at radius 2 is 1.88 bits per heavy atom. The van der Waals surface area contributed by atoms with E-state index in [4.69, 9.17) is 0 Å². The molecule has 0 radical (unpaired) electrons. The highest BCUT2D eigenvalue weighted by Crippen LogP contribution is 2.17. The average molecular weight is 218 g/mol. The van der Waals surface area contributed by atoms with Crippen LogP contribution in [0.5, 0.6) is 5.75 Å². The molecule has 1 aromatic carbocycles. The van der Waals surface area contributed by atoms with Crippen molar-refractivity contribution in [2.75, 3.05) is 0 Å². The second-order valence-corrected chi connectivity index (χ2v) is 4.26. The zero-order valence-electron chi connectivity index (χ0n) is 10.3. The van der Waals surface area contributed by atoms with Gasteiger partial charge in [0.15, 0.2) is 0 Å². The Morgan fingerprint density at radius 1 is 1.19 bits per heavy atom. The van der Waals surface area contributed by atoms with Crippen molar-refractivity contribution in [3.8, 4) is 5.75 Å². The molecule has 88 valence electrons. The molecule has 0 fully saturated rings. The number of rotatable bonds is 6. The van der Waals surface area contributed by atoms with Crippen molar-refractivity contribution >= 4 is 6.08 Å². The third-order valence-electron chi connectivity index (χ3n) is 2.91. The fourth-order valence-electron chi connectivity index (χ4n) is 1.74. The van der Waals surface area contributed by atoms with Crippen LogP contribution in [0.2, 0.25) is 0 Å². The summed E-state index contributed by atoms with van der Waals surface area (Å²) in [5, 5.41) is 9.17. The minimum absolute atomic E-state index is 0.329. The van der Waals surface area contributed by atoms with Gasteiger partial charge < -0.3 is 5.11 Å². The quantitative estimate of drug-likeness (QED) is 0.738. The van der Waals surface area contributed by atoms with E-state index in [0.29, 0.717) is 11.7 Å². The fraction of sp³-hybridized carbons (Fsp3) is 0.467. The van der Waals surface area contributed by atoms with Crippen LogP contribution in [0.25, 0.3) is 6.08 Å². The van der Waals surface area contributed by atoms with Gasteiger partial charge in [0.2, 0.25) is 0 Å². The Morgan fingerprint density at radius 3 is 2.44 bits per heavy atom. The van der Waals surface area contributed by atoms with Crippen LogP contribution in [0, 0.1) is 5.92 Å². The van der Waals surface area contributed by atoms with E-state index >= 15 is 0 Å². The van der Waals surface area contributed by atoms with Crippen molar-refractivity contribution < 1.29 is 5.11 Å². The van der Waals surface area contributed by atoms with Crippen LogP contribution in [0.1, 0.15) is 45.1 Å². The number of allylic oxidation sites excluding steroid dienone is 1.